The molecule has 72 valence electrons. The molecule has 0 aliphatic heterocycles. The lowest BCUT2D eigenvalue weighted by Gasteiger charge is -1.98. The molecule has 1 fully saturated rings. The lowest BCUT2D eigenvalue weighted by atomic mass is 10.1. The Balaban J connectivity index is 2.18. The number of hydrogen-bond donors (Lipinski definition) is 1. The van der Waals surface area contributed by atoms with E-state index in [0.717, 1.165) is 11.8 Å². The summed E-state index contributed by atoms with van der Waals surface area (Å²) in [5.74, 6) is -0.893. The second-order valence-corrected chi connectivity index (χ2v) is 3.57. The van der Waals surface area contributed by atoms with Crippen molar-refractivity contribution in [3.05, 3.63) is 35.4 Å². The zero-order valence-corrected chi connectivity index (χ0v) is 7.51. The third-order valence-electron chi connectivity index (χ3n) is 2.58. The molecular weight excluding hydrogens is 180 g/mol. The van der Waals surface area contributed by atoms with Gasteiger partial charge in [0.05, 0.1) is 5.92 Å². The second kappa shape index (κ2) is 3.25. The Morgan fingerprint density at radius 1 is 1.50 bits per heavy atom. The van der Waals surface area contributed by atoms with E-state index in [2.05, 4.69) is 0 Å². The molecule has 1 aliphatic carbocycles. The van der Waals surface area contributed by atoms with Crippen LogP contribution in [0.15, 0.2) is 24.3 Å². The smallest absolute Gasteiger partial charge is 0.307 e. The van der Waals surface area contributed by atoms with Crippen molar-refractivity contribution in [2.75, 3.05) is 0 Å². The zero-order chi connectivity index (χ0) is 10.1. The van der Waals surface area contributed by atoms with E-state index < -0.39 is 5.97 Å². The van der Waals surface area contributed by atoms with Crippen molar-refractivity contribution in [3.63, 3.8) is 0 Å². The zero-order valence-electron chi connectivity index (χ0n) is 7.51. The number of carboxylic acids is 1. The standard InChI is InChI=1S/C11H10O3/c12-6-7-2-1-3-8(4-7)9-5-10(9)11(13)14/h1-4,6,9-10H,5H2,(H,13,14)/t9-,10-/m1/s1. The summed E-state index contributed by atoms with van der Waals surface area (Å²) in [6.45, 7) is 0. The molecule has 3 nitrogen and oxygen atoms in total. The van der Waals surface area contributed by atoms with Crippen LogP contribution < -0.4 is 0 Å². The van der Waals surface area contributed by atoms with Crippen molar-refractivity contribution in [2.45, 2.75) is 12.3 Å². The SMILES string of the molecule is O=Cc1cccc([C@H]2C[C@H]2C(=O)O)c1. The Labute approximate surface area is 81.4 Å². The predicted molar refractivity (Wildman–Crippen MR) is 50.3 cm³/mol. The van der Waals surface area contributed by atoms with Crippen LogP contribution in [0.25, 0.3) is 0 Å². The van der Waals surface area contributed by atoms with E-state index in [4.69, 9.17) is 5.11 Å². The Hall–Kier alpha value is -1.64. The van der Waals surface area contributed by atoms with Gasteiger partial charge >= 0.3 is 5.97 Å². The number of carbonyl (C=O) groups excluding carboxylic acids is 1. The average molecular weight is 190 g/mol. The lowest BCUT2D eigenvalue weighted by molar-refractivity contribution is -0.138. The molecule has 0 bridgehead atoms. The van der Waals surface area contributed by atoms with Crippen LogP contribution in [0.5, 0.6) is 0 Å². The highest BCUT2D eigenvalue weighted by Crippen LogP contribution is 2.47. The summed E-state index contributed by atoms with van der Waals surface area (Å²) < 4.78 is 0. The summed E-state index contributed by atoms with van der Waals surface area (Å²) in [6.07, 6.45) is 1.47. The topological polar surface area (TPSA) is 54.4 Å². The molecule has 0 amide bonds. The Bertz CT molecular complexity index is 384. The minimum atomic E-state index is -0.744. The number of aliphatic carboxylic acids is 1. The van der Waals surface area contributed by atoms with E-state index in [-0.39, 0.29) is 11.8 Å². The fourth-order valence-corrected chi connectivity index (χ4v) is 1.70. The van der Waals surface area contributed by atoms with Gasteiger partial charge in [-0.3, -0.25) is 9.59 Å². The molecular formula is C11H10O3. The number of carbonyl (C=O) groups is 2. The van der Waals surface area contributed by atoms with Crippen molar-refractivity contribution >= 4 is 12.3 Å². The van der Waals surface area contributed by atoms with Gasteiger partial charge in [0.2, 0.25) is 0 Å². The van der Waals surface area contributed by atoms with Crippen LogP contribution in [0.1, 0.15) is 28.3 Å². The first kappa shape index (κ1) is 8.94. The fourth-order valence-electron chi connectivity index (χ4n) is 1.70. The van der Waals surface area contributed by atoms with Crippen LogP contribution in [-0.4, -0.2) is 17.4 Å². The summed E-state index contributed by atoms with van der Waals surface area (Å²) in [7, 11) is 0. The summed E-state index contributed by atoms with van der Waals surface area (Å²) >= 11 is 0. The number of rotatable bonds is 3. The van der Waals surface area contributed by atoms with E-state index in [1.165, 1.54) is 0 Å². The summed E-state index contributed by atoms with van der Waals surface area (Å²) in [5.41, 5.74) is 1.57. The molecule has 1 aliphatic rings. The first-order valence-corrected chi connectivity index (χ1v) is 4.50. The third kappa shape index (κ3) is 1.53. The van der Waals surface area contributed by atoms with E-state index >= 15 is 0 Å². The van der Waals surface area contributed by atoms with Crippen LogP contribution in [0.2, 0.25) is 0 Å². The molecule has 1 saturated carbocycles. The van der Waals surface area contributed by atoms with E-state index in [1.54, 1.807) is 18.2 Å². The lowest BCUT2D eigenvalue weighted by Crippen LogP contribution is -1.99. The molecule has 14 heavy (non-hydrogen) atoms. The first-order chi connectivity index (χ1) is 6.72. The van der Waals surface area contributed by atoms with Gasteiger partial charge in [-0.1, -0.05) is 18.2 Å². The maximum Gasteiger partial charge on any atom is 0.307 e. The summed E-state index contributed by atoms with van der Waals surface area (Å²) in [5, 5.41) is 8.74. The van der Waals surface area contributed by atoms with Gasteiger partial charge in [0.15, 0.2) is 0 Å². The molecule has 0 radical (unpaired) electrons. The van der Waals surface area contributed by atoms with Crippen LogP contribution in [0.3, 0.4) is 0 Å². The molecule has 1 aromatic rings. The molecule has 1 aromatic carbocycles. The van der Waals surface area contributed by atoms with E-state index in [9.17, 15) is 9.59 Å². The molecule has 0 saturated heterocycles. The van der Waals surface area contributed by atoms with Crippen molar-refractivity contribution < 1.29 is 14.7 Å². The highest BCUT2D eigenvalue weighted by Gasteiger charge is 2.44. The molecule has 0 unspecified atom stereocenters. The van der Waals surface area contributed by atoms with Gasteiger partial charge in [-0.25, -0.2) is 0 Å². The molecule has 0 spiro atoms. The molecule has 3 heteroatoms. The Morgan fingerprint density at radius 2 is 2.29 bits per heavy atom. The highest BCUT2D eigenvalue weighted by atomic mass is 16.4. The minimum absolute atomic E-state index is 0.104. The van der Waals surface area contributed by atoms with E-state index in [1.807, 2.05) is 6.07 Å². The quantitative estimate of drug-likeness (QED) is 0.738. The number of aldehydes is 1. The highest BCUT2D eigenvalue weighted by molar-refractivity contribution is 5.77. The Kier molecular flexibility index (Phi) is 2.08. The van der Waals surface area contributed by atoms with Gasteiger partial charge in [0, 0.05) is 5.56 Å². The van der Waals surface area contributed by atoms with Crippen LogP contribution in [0, 0.1) is 5.92 Å². The average Bonchev–Trinajstić information content (AvgIpc) is 2.97. The number of benzene rings is 1. The molecule has 0 heterocycles. The number of carboxylic acid groups (broad SMARTS) is 1. The maximum absolute atomic E-state index is 10.6. The number of hydrogen-bond acceptors (Lipinski definition) is 2. The van der Waals surface area contributed by atoms with Crippen LogP contribution in [0.4, 0.5) is 0 Å². The molecule has 2 atom stereocenters. The van der Waals surface area contributed by atoms with Gasteiger partial charge in [0.1, 0.15) is 6.29 Å². The molecule has 1 N–H and O–H groups in total. The van der Waals surface area contributed by atoms with Crippen molar-refractivity contribution in [1.82, 2.24) is 0 Å². The maximum atomic E-state index is 10.6. The van der Waals surface area contributed by atoms with Crippen LogP contribution in [-0.2, 0) is 4.79 Å². The normalized spacial score (nSPS) is 24.3. The van der Waals surface area contributed by atoms with Gasteiger partial charge in [-0.15, -0.1) is 0 Å². The fraction of sp³-hybridized carbons (Fsp3) is 0.273. The van der Waals surface area contributed by atoms with Crippen molar-refractivity contribution in [1.29, 1.82) is 0 Å². The van der Waals surface area contributed by atoms with Crippen LogP contribution >= 0.6 is 0 Å². The first-order valence-electron chi connectivity index (χ1n) is 4.50. The summed E-state index contributed by atoms with van der Waals surface area (Å²) in [4.78, 5) is 21.1. The third-order valence-corrected chi connectivity index (χ3v) is 2.58. The van der Waals surface area contributed by atoms with Gasteiger partial charge in [-0.05, 0) is 24.0 Å². The summed E-state index contributed by atoms with van der Waals surface area (Å²) in [6, 6.07) is 7.15. The monoisotopic (exact) mass is 190 g/mol. The largest absolute Gasteiger partial charge is 0.481 e. The van der Waals surface area contributed by atoms with Crippen molar-refractivity contribution in [2.24, 2.45) is 5.92 Å². The van der Waals surface area contributed by atoms with Gasteiger partial charge in [-0.2, -0.15) is 0 Å². The predicted octanol–water partition coefficient (Wildman–Crippen LogP) is 1.69. The molecule has 0 aromatic heterocycles. The second-order valence-electron chi connectivity index (χ2n) is 3.57. The minimum Gasteiger partial charge on any atom is -0.481 e. The van der Waals surface area contributed by atoms with Gasteiger partial charge < -0.3 is 5.11 Å². The van der Waals surface area contributed by atoms with Gasteiger partial charge in [0.25, 0.3) is 0 Å². The molecule has 2 rings (SSSR count). The van der Waals surface area contributed by atoms with E-state index in [0.29, 0.717) is 12.0 Å². The van der Waals surface area contributed by atoms with Crippen molar-refractivity contribution in [3.8, 4) is 0 Å². The Morgan fingerprint density at radius 3 is 2.86 bits per heavy atom.